The average Bonchev–Trinajstić information content (AvgIpc) is 2.27. The Kier molecular flexibility index (Phi) is 6.86. The van der Waals surface area contributed by atoms with E-state index in [1.165, 1.54) is 0 Å². The molecule has 0 fully saturated rings. The Morgan fingerprint density at radius 3 is 2.26 bits per heavy atom. The van der Waals surface area contributed by atoms with Gasteiger partial charge in [-0.2, -0.15) is 13.2 Å². The molecule has 0 bridgehead atoms. The Morgan fingerprint density at radius 2 is 1.79 bits per heavy atom. The molecule has 1 amide bonds. The third kappa shape index (κ3) is 8.45. The van der Waals surface area contributed by atoms with E-state index in [4.69, 9.17) is 0 Å². The van der Waals surface area contributed by atoms with Gasteiger partial charge in [-0.15, -0.1) is 0 Å². The summed E-state index contributed by atoms with van der Waals surface area (Å²) in [4.78, 5) is 22.7. The first-order valence-corrected chi connectivity index (χ1v) is 6.09. The van der Waals surface area contributed by atoms with Crippen molar-refractivity contribution < 1.29 is 27.5 Å². The highest BCUT2D eigenvalue weighted by molar-refractivity contribution is 5.82. The zero-order chi connectivity index (χ0) is 15.1. The average molecular weight is 283 g/mol. The van der Waals surface area contributed by atoms with Crippen LogP contribution in [0, 0.1) is 5.41 Å². The maximum Gasteiger partial charge on any atom is 0.392 e. The lowest BCUT2D eigenvalue weighted by molar-refractivity contribution is -0.158. The molecule has 0 aliphatic rings. The van der Waals surface area contributed by atoms with Crippen LogP contribution in [0.2, 0.25) is 0 Å². The van der Waals surface area contributed by atoms with E-state index in [0.717, 1.165) is 0 Å². The minimum atomic E-state index is -4.33. The van der Waals surface area contributed by atoms with E-state index >= 15 is 0 Å². The SMILES string of the molecule is CCC(C)(C)C(=O)NCCC(=O)OCCC(F)(F)F. The molecule has 0 aromatic rings. The maximum atomic E-state index is 11.8. The van der Waals surface area contributed by atoms with E-state index in [9.17, 15) is 22.8 Å². The summed E-state index contributed by atoms with van der Waals surface area (Å²) in [5.41, 5.74) is -0.528. The van der Waals surface area contributed by atoms with E-state index in [2.05, 4.69) is 10.1 Å². The summed E-state index contributed by atoms with van der Waals surface area (Å²) in [7, 11) is 0. The standard InChI is InChI=1S/C12H20F3NO3/c1-4-11(2,3)10(18)16-7-5-9(17)19-8-6-12(13,14)15/h4-8H2,1-3H3,(H,16,18). The fourth-order valence-electron chi connectivity index (χ4n) is 1.03. The lowest BCUT2D eigenvalue weighted by Gasteiger charge is -2.21. The number of amides is 1. The monoisotopic (exact) mass is 283 g/mol. The van der Waals surface area contributed by atoms with Gasteiger partial charge in [0.25, 0.3) is 0 Å². The molecule has 0 spiro atoms. The van der Waals surface area contributed by atoms with E-state index in [1.807, 2.05) is 6.92 Å². The molecule has 0 aliphatic carbocycles. The van der Waals surface area contributed by atoms with Crippen molar-refractivity contribution in [3.8, 4) is 0 Å². The summed E-state index contributed by atoms with van der Waals surface area (Å²) in [6, 6.07) is 0. The quantitative estimate of drug-likeness (QED) is 0.730. The number of alkyl halides is 3. The topological polar surface area (TPSA) is 55.4 Å². The van der Waals surface area contributed by atoms with E-state index in [1.54, 1.807) is 13.8 Å². The molecule has 0 rings (SSSR count). The summed E-state index contributed by atoms with van der Waals surface area (Å²) >= 11 is 0. The van der Waals surface area contributed by atoms with Crippen molar-refractivity contribution in [1.29, 1.82) is 0 Å². The van der Waals surface area contributed by atoms with Crippen LogP contribution in [0.3, 0.4) is 0 Å². The Labute approximate surface area is 110 Å². The second-order valence-electron chi connectivity index (χ2n) is 4.83. The third-order valence-corrected chi connectivity index (χ3v) is 2.76. The fourth-order valence-corrected chi connectivity index (χ4v) is 1.03. The number of carbonyl (C=O) groups excluding carboxylic acids is 2. The Balaban J connectivity index is 3.79. The van der Waals surface area contributed by atoms with Crippen LogP contribution in [-0.2, 0) is 14.3 Å². The highest BCUT2D eigenvalue weighted by atomic mass is 19.4. The van der Waals surface area contributed by atoms with Gasteiger partial charge >= 0.3 is 12.1 Å². The van der Waals surface area contributed by atoms with Crippen molar-refractivity contribution in [1.82, 2.24) is 5.32 Å². The molecule has 0 heterocycles. The normalized spacial score (nSPS) is 12.1. The highest BCUT2D eigenvalue weighted by Gasteiger charge is 2.27. The maximum absolute atomic E-state index is 11.8. The minimum absolute atomic E-state index is 0.0626. The Morgan fingerprint density at radius 1 is 1.21 bits per heavy atom. The number of nitrogens with one attached hydrogen (secondary N) is 1. The van der Waals surface area contributed by atoms with Gasteiger partial charge in [-0.05, 0) is 6.42 Å². The molecule has 0 saturated carbocycles. The number of ether oxygens (including phenoxy) is 1. The fraction of sp³-hybridized carbons (Fsp3) is 0.833. The van der Waals surface area contributed by atoms with Gasteiger partial charge in [0, 0.05) is 12.0 Å². The van der Waals surface area contributed by atoms with Crippen LogP contribution in [0.4, 0.5) is 13.2 Å². The van der Waals surface area contributed by atoms with Gasteiger partial charge in [0.2, 0.25) is 5.91 Å². The van der Waals surface area contributed by atoms with E-state index in [-0.39, 0.29) is 18.9 Å². The zero-order valence-corrected chi connectivity index (χ0v) is 11.4. The summed E-state index contributed by atoms with van der Waals surface area (Å²) in [6.45, 7) is 4.78. The number of hydrogen-bond donors (Lipinski definition) is 1. The Hall–Kier alpha value is -1.27. The summed E-state index contributed by atoms with van der Waals surface area (Å²) in [6.07, 6.45) is -4.98. The van der Waals surface area contributed by atoms with Crippen molar-refractivity contribution >= 4 is 11.9 Å². The van der Waals surface area contributed by atoms with Crippen LogP contribution >= 0.6 is 0 Å². The molecule has 4 nitrogen and oxygen atoms in total. The number of halogens is 3. The molecular formula is C12H20F3NO3. The third-order valence-electron chi connectivity index (χ3n) is 2.76. The van der Waals surface area contributed by atoms with Crippen LogP contribution in [0.5, 0.6) is 0 Å². The van der Waals surface area contributed by atoms with Gasteiger partial charge in [-0.25, -0.2) is 0 Å². The van der Waals surface area contributed by atoms with Crippen molar-refractivity contribution in [3.63, 3.8) is 0 Å². The summed E-state index contributed by atoms with van der Waals surface area (Å²) in [5.74, 6) is -0.947. The zero-order valence-electron chi connectivity index (χ0n) is 11.4. The minimum Gasteiger partial charge on any atom is -0.465 e. The summed E-state index contributed by atoms with van der Waals surface area (Å²) < 4.78 is 39.8. The first kappa shape index (κ1) is 17.7. The highest BCUT2D eigenvalue weighted by Crippen LogP contribution is 2.20. The first-order chi connectivity index (χ1) is 8.58. The smallest absolute Gasteiger partial charge is 0.392 e. The molecule has 1 N–H and O–H groups in total. The molecular weight excluding hydrogens is 263 g/mol. The largest absolute Gasteiger partial charge is 0.465 e. The van der Waals surface area contributed by atoms with Crippen molar-refractivity contribution in [2.75, 3.05) is 13.2 Å². The van der Waals surface area contributed by atoms with Gasteiger partial charge < -0.3 is 10.1 Å². The predicted molar refractivity (Wildman–Crippen MR) is 63.3 cm³/mol. The van der Waals surface area contributed by atoms with Crippen LogP contribution in [0.15, 0.2) is 0 Å². The lowest BCUT2D eigenvalue weighted by atomic mass is 9.89. The number of hydrogen-bond acceptors (Lipinski definition) is 3. The molecule has 0 radical (unpaired) electrons. The van der Waals surface area contributed by atoms with Crippen molar-refractivity contribution in [2.24, 2.45) is 5.41 Å². The van der Waals surface area contributed by atoms with Crippen LogP contribution in [-0.4, -0.2) is 31.2 Å². The number of carbonyl (C=O) groups is 2. The molecule has 112 valence electrons. The van der Waals surface area contributed by atoms with Gasteiger partial charge in [-0.3, -0.25) is 9.59 Å². The van der Waals surface area contributed by atoms with E-state index < -0.39 is 30.6 Å². The molecule has 0 aromatic heterocycles. The second kappa shape index (κ2) is 7.35. The van der Waals surface area contributed by atoms with Crippen molar-refractivity contribution in [3.05, 3.63) is 0 Å². The molecule has 7 heteroatoms. The molecule has 0 aliphatic heterocycles. The van der Waals surface area contributed by atoms with Crippen LogP contribution in [0.25, 0.3) is 0 Å². The Bertz CT molecular complexity index is 314. The molecule has 0 saturated heterocycles. The summed E-state index contributed by atoms with van der Waals surface area (Å²) in [5, 5.41) is 2.55. The second-order valence-corrected chi connectivity index (χ2v) is 4.83. The lowest BCUT2D eigenvalue weighted by Crippen LogP contribution is -2.37. The first-order valence-electron chi connectivity index (χ1n) is 6.09. The van der Waals surface area contributed by atoms with Gasteiger partial charge in [0.15, 0.2) is 0 Å². The number of rotatable bonds is 7. The van der Waals surface area contributed by atoms with Crippen LogP contribution in [0.1, 0.15) is 40.0 Å². The van der Waals surface area contributed by atoms with Gasteiger partial charge in [0.1, 0.15) is 0 Å². The van der Waals surface area contributed by atoms with E-state index in [0.29, 0.717) is 6.42 Å². The number of esters is 1. The van der Waals surface area contributed by atoms with Crippen LogP contribution < -0.4 is 5.32 Å². The van der Waals surface area contributed by atoms with Crippen molar-refractivity contribution in [2.45, 2.75) is 46.2 Å². The molecule has 0 aromatic carbocycles. The molecule has 0 unspecified atom stereocenters. The van der Waals surface area contributed by atoms with Gasteiger partial charge in [-0.1, -0.05) is 20.8 Å². The van der Waals surface area contributed by atoms with Gasteiger partial charge in [0.05, 0.1) is 19.4 Å². The predicted octanol–water partition coefficient (Wildman–Crippen LogP) is 2.42. The molecule has 19 heavy (non-hydrogen) atoms. The molecule has 0 atom stereocenters.